The highest BCUT2D eigenvalue weighted by Gasteiger charge is 2.29. The van der Waals surface area contributed by atoms with Crippen LogP contribution in [0.1, 0.15) is 18.9 Å². The number of hydrogen-bond donors (Lipinski definition) is 3. The van der Waals surface area contributed by atoms with Gasteiger partial charge in [-0.1, -0.05) is 23.9 Å². The highest BCUT2D eigenvalue weighted by atomic mass is 32.2. The third kappa shape index (κ3) is 3.01. The number of benzene rings is 1. The predicted molar refractivity (Wildman–Crippen MR) is 94.4 cm³/mol. The minimum atomic E-state index is -0.275. The van der Waals surface area contributed by atoms with E-state index in [9.17, 15) is 0 Å². The van der Waals surface area contributed by atoms with Crippen molar-refractivity contribution in [1.29, 1.82) is 0 Å². The van der Waals surface area contributed by atoms with Crippen molar-refractivity contribution in [3.05, 3.63) is 48.2 Å². The number of nitrogens with two attached hydrogens (primary N) is 2. The quantitative estimate of drug-likeness (QED) is 0.810. The van der Waals surface area contributed by atoms with Gasteiger partial charge in [0, 0.05) is 17.6 Å². The highest BCUT2D eigenvalue weighted by Crippen LogP contribution is 2.36. The number of aliphatic imine (C=N–C) groups is 1. The van der Waals surface area contributed by atoms with Gasteiger partial charge in [-0.2, -0.15) is 0 Å². The third-order valence-electron chi connectivity index (χ3n) is 3.78. The molecular formula is C16H19N5S. The Kier molecular flexibility index (Phi) is 3.94. The summed E-state index contributed by atoms with van der Waals surface area (Å²) in [7, 11) is 0. The van der Waals surface area contributed by atoms with Crippen LogP contribution < -0.4 is 16.8 Å². The monoisotopic (exact) mass is 313 g/mol. The lowest BCUT2D eigenvalue weighted by atomic mass is 9.89. The van der Waals surface area contributed by atoms with Gasteiger partial charge in [-0.25, -0.2) is 4.98 Å². The highest BCUT2D eigenvalue weighted by molar-refractivity contribution is 8.13. The molecule has 6 heteroatoms. The summed E-state index contributed by atoms with van der Waals surface area (Å²) in [4.78, 5) is 8.90. The fourth-order valence-corrected chi connectivity index (χ4v) is 3.46. The van der Waals surface area contributed by atoms with Gasteiger partial charge < -0.3 is 16.8 Å². The van der Waals surface area contributed by atoms with Gasteiger partial charge in [-0.15, -0.1) is 0 Å². The molecule has 0 fully saturated rings. The van der Waals surface area contributed by atoms with Crippen LogP contribution in [0.3, 0.4) is 0 Å². The number of anilines is 3. The first-order valence-corrected chi connectivity index (χ1v) is 8.12. The maximum absolute atomic E-state index is 5.93. The summed E-state index contributed by atoms with van der Waals surface area (Å²) in [6, 6.07) is 11.8. The molecular weight excluding hydrogens is 294 g/mol. The number of aromatic nitrogens is 1. The Morgan fingerprint density at radius 1 is 1.23 bits per heavy atom. The van der Waals surface area contributed by atoms with Crippen LogP contribution in [0.4, 0.5) is 17.2 Å². The van der Waals surface area contributed by atoms with Crippen molar-refractivity contribution in [3.63, 3.8) is 0 Å². The number of hydrogen-bond acceptors (Lipinski definition) is 6. The molecule has 0 bridgehead atoms. The Bertz CT molecular complexity index is 715. The maximum Gasteiger partial charge on any atom is 0.154 e. The molecule has 0 spiro atoms. The van der Waals surface area contributed by atoms with Crippen LogP contribution in [-0.2, 0) is 5.54 Å². The van der Waals surface area contributed by atoms with Crippen LogP contribution in [0.25, 0.3) is 0 Å². The summed E-state index contributed by atoms with van der Waals surface area (Å²) >= 11 is 1.61. The first kappa shape index (κ1) is 14.7. The third-order valence-corrected chi connectivity index (χ3v) is 4.58. The normalized spacial score (nSPS) is 21.2. The predicted octanol–water partition coefficient (Wildman–Crippen LogP) is 3.07. The van der Waals surface area contributed by atoms with Crippen LogP contribution in [0, 0.1) is 0 Å². The number of pyridine rings is 1. The molecule has 1 aliphatic rings. The molecule has 0 amide bonds. The van der Waals surface area contributed by atoms with Gasteiger partial charge in [0.1, 0.15) is 0 Å². The van der Waals surface area contributed by atoms with Crippen molar-refractivity contribution in [3.8, 4) is 0 Å². The molecule has 0 aliphatic carbocycles. The van der Waals surface area contributed by atoms with Crippen molar-refractivity contribution in [2.75, 3.05) is 16.8 Å². The second-order valence-corrected chi connectivity index (χ2v) is 6.58. The molecule has 0 saturated heterocycles. The molecule has 2 aromatic rings. The van der Waals surface area contributed by atoms with Crippen molar-refractivity contribution >= 4 is 34.1 Å². The zero-order valence-corrected chi connectivity index (χ0v) is 13.2. The minimum absolute atomic E-state index is 0.275. The van der Waals surface area contributed by atoms with Crippen molar-refractivity contribution in [2.24, 2.45) is 10.7 Å². The largest absolute Gasteiger partial charge is 0.396 e. The van der Waals surface area contributed by atoms with Crippen LogP contribution in [-0.4, -0.2) is 15.9 Å². The number of amidine groups is 1. The molecule has 5 nitrogen and oxygen atoms in total. The van der Waals surface area contributed by atoms with Crippen LogP contribution in [0.5, 0.6) is 0 Å². The number of nitrogen functional groups attached to an aromatic ring is 1. The molecule has 1 aromatic heterocycles. The minimum Gasteiger partial charge on any atom is -0.396 e. The number of nitrogens with one attached hydrogen (secondary N) is 1. The topological polar surface area (TPSA) is 89.3 Å². The Labute approximate surface area is 134 Å². The zero-order valence-electron chi connectivity index (χ0n) is 12.4. The summed E-state index contributed by atoms with van der Waals surface area (Å²) in [6.45, 7) is 2.12. The van der Waals surface area contributed by atoms with Crippen molar-refractivity contribution in [2.45, 2.75) is 18.9 Å². The Hall–Kier alpha value is -2.21. The lowest BCUT2D eigenvalue weighted by molar-refractivity contribution is 0.482. The lowest BCUT2D eigenvalue weighted by Crippen LogP contribution is -2.28. The molecule has 5 N–H and O–H groups in total. The summed E-state index contributed by atoms with van der Waals surface area (Å²) < 4.78 is 0. The number of thioether (sulfide) groups is 1. The van der Waals surface area contributed by atoms with E-state index in [2.05, 4.69) is 34.3 Å². The van der Waals surface area contributed by atoms with E-state index in [1.165, 1.54) is 0 Å². The van der Waals surface area contributed by atoms with E-state index < -0.39 is 0 Å². The molecule has 3 rings (SSSR count). The fraction of sp³-hybridized carbons (Fsp3) is 0.250. The average molecular weight is 313 g/mol. The molecule has 114 valence electrons. The smallest absolute Gasteiger partial charge is 0.154 e. The molecule has 1 atom stereocenters. The summed E-state index contributed by atoms with van der Waals surface area (Å²) in [5.74, 6) is 1.64. The number of rotatable bonds is 3. The van der Waals surface area contributed by atoms with E-state index in [0.717, 1.165) is 23.4 Å². The van der Waals surface area contributed by atoms with Gasteiger partial charge >= 0.3 is 0 Å². The molecule has 0 unspecified atom stereocenters. The lowest BCUT2D eigenvalue weighted by Gasteiger charge is -2.30. The molecule has 2 heterocycles. The maximum atomic E-state index is 5.93. The average Bonchev–Trinajstić information content (AvgIpc) is 2.50. The molecule has 1 aliphatic heterocycles. The van der Waals surface area contributed by atoms with Gasteiger partial charge in [0.15, 0.2) is 11.0 Å². The molecule has 22 heavy (non-hydrogen) atoms. The molecule has 1 aromatic carbocycles. The zero-order chi connectivity index (χ0) is 15.6. The Morgan fingerprint density at radius 3 is 2.86 bits per heavy atom. The SMILES string of the molecule is C[C@@]1(c2cccc(Nc3ncccc3N)c2)CCSC(N)=N1. The molecule has 0 saturated carbocycles. The van der Waals surface area contributed by atoms with Crippen molar-refractivity contribution in [1.82, 2.24) is 4.98 Å². The van der Waals surface area contributed by atoms with E-state index >= 15 is 0 Å². The van der Waals surface area contributed by atoms with Crippen LogP contribution in [0.15, 0.2) is 47.6 Å². The summed E-state index contributed by atoms with van der Waals surface area (Å²) in [6.07, 6.45) is 2.68. The van der Waals surface area contributed by atoms with Gasteiger partial charge in [-0.05, 0) is 43.2 Å². The van der Waals surface area contributed by atoms with Gasteiger partial charge in [0.25, 0.3) is 0 Å². The second kappa shape index (κ2) is 5.88. The van der Waals surface area contributed by atoms with E-state index in [1.54, 1.807) is 18.0 Å². The standard InChI is InChI=1S/C16H19N5S/c1-16(7-9-22-15(18)21-16)11-4-2-5-12(10-11)20-14-13(17)6-3-8-19-14/h2-6,8,10H,7,9,17H2,1H3,(H2,18,21)(H,19,20)/t16-/m0/s1. The number of nitrogens with zero attached hydrogens (tertiary/aromatic N) is 2. The Morgan fingerprint density at radius 2 is 2.09 bits per heavy atom. The fourth-order valence-electron chi connectivity index (χ4n) is 2.49. The summed E-state index contributed by atoms with van der Waals surface area (Å²) in [5, 5.41) is 3.91. The second-order valence-electron chi connectivity index (χ2n) is 5.47. The van der Waals surface area contributed by atoms with Crippen molar-refractivity contribution < 1.29 is 0 Å². The van der Waals surface area contributed by atoms with E-state index in [4.69, 9.17) is 11.5 Å². The van der Waals surface area contributed by atoms with Crippen LogP contribution >= 0.6 is 11.8 Å². The van der Waals surface area contributed by atoms with E-state index in [0.29, 0.717) is 16.7 Å². The first-order chi connectivity index (χ1) is 10.6. The van der Waals surface area contributed by atoms with Gasteiger partial charge in [0.05, 0.1) is 11.2 Å². The molecule has 0 radical (unpaired) electrons. The van der Waals surface area contributed by atoms with Crippen LogP contribution in [0.2, 0.25) is 0 Å². The summed E-state index contributed by atoms with van der Waals surface area (Å²) in [5.41, 5.74) is 14.2. The van der Waals surface area contributed by atoms with E-state index in [1.807, 2.05) is 24.3 Å². The Balaban J connectivity index is 1.90. The van der Waals surface area contributed by atoms with Gasteiger partial charge in [0.2, 0.25) is 0 Å². The van der Waals surface area contributed by atoms with Gasteiger partial charge in [-0.3, -0.25) is 4.99 Å². The van der Waals surface area contributed by atoms with E-state index in [-0.39, 0.29) is 5.54 Å². The first-order valence-electron chi connectivity index (χ1n) is 7.13.